The summed E-state index contributed by atoms with van der Waals surface area (Å²) in [5, 5.41) is 3.28. The summed E-state index contributed by atoms with van der Waals surface area (Å²) in [6.07, 6.45) is 0.600. The molecule has 0 saturated heterocycles. The predicted octanol–water partition coefficient (Wildman–Crippen LogP) is 3.47. The Kier molecular flexibility index (Phi) is 6.97. The van der Waals surface area contributed by atoms with Crippen molar-refractivity contribution in [3.05, 3.63) is 53.1 Å². The van der Waals surface area contributed by atoms with Gasteiger partial charge in [-0.15, -0.1) is 11.8 Å². The maximum absolute atomic E-state index is 12.6. The number of hydrogen-bond acceptors (Lipinski definition) is 5. The van der Waals surface area contributed by atoms with Gasteiger partial charge in [-0.05, 0) is 37.3 Å². The zero-order chi connectivity index (χ0) is 21.0. The fraction of sp³-hybridized carbons (Fsp3) is 0.350. The van der Waals surface area contributed by atoms with Gasteiger partial charge in [-0.1, -0.05) is 29.3 Å². The van der Waals surface area contributed by atoms with Crippen molar-refractivity contribution in [3.8, 4) is 5.75 Å². The summed E-state index contributed by atoms with van der Waals surface area (Å²) in [7, 11) is -3.52. The lowest BCUT2D eigenvalue weighted by atomic mass is 10.2. The fourth-order valence-corrected chi connectivity index (χ4v) is 4.84. The molecule has 1 atom stereocenters. The monoisotopic (exact) mass is 454 g/mol. The maximum atomic E-state index is 12.6. The molecule has 0 bridgehead atoms. The van der Waals surface area contributed by atoms with Crippen LogP contribution >= 0.6 is 23.4 Å². The number of benzene rings is 2. The SMILES string of the molecule is Cc1ccc(SCCNC(=O)C2CCN(S(C)(=O)=O)c3cc(Cl)ccc3O2)cc1. The van der Waals surface area contributed by atoms with Gasteiger partial charge in [0.15, 0.2) is 6.10 Å². The van der Waals surface area contributed by atoms with E-state index in [0.717, 1.165) is 16.9 Å². The van der Waals surface area contributed by atoms with E-state index in [1.165, 1.54) is 15.9 Å². The Bertz CT molecular complexity index is 980. The number of anilines is 1. The van der Waals surface area contributed by atoms with E-state index in [2.05, 4.69) is 29.6 Å². The number of carbonyl (C=O) groups is 1. The number of nitrogens with one attached hydrogen (secondary N) is 1. The van der Waals surface area contributed by atoms with Gasteiger partial charge in [-0.25, -0.2) is 8.42 Å². The quantitative estimate of drug-likeness (QED) is 0.534. The molecule has 1 unspecified atom stereocenters. The molecule has 1 heterocycles. The van der Waals surface area contributed by atoms with Crippen molar-refractivity contribution in [2.24, 2.45) is 0 Å². The number of fused-ring (bicyclic) bond motifs is 1. The second-order valence-electron chi connectivity index (χ2n) is 6.79. The lowest BCUT2D eigenvalue weighted by Crippen LogP contribution is -2.40. The van der Waals surface area contributed by atoms with Crippen molar-refractivity contribution in [3.63, 3.8) is 0 Å². The molecular formula is C20H23ClN2O4S2. The molecule has 0 aromatic heterocycles. The Morgan fingerprint density at radius 2 is 2.00 bits per heavy atom. The number of nitrogens with zero attached hydrogens (tertiary/aromatic N) is 1. The molecule has 1 N–H and O–H groups in total. The highest BCUT2D eigenvalue weighted by atomic mass is 35.5. The first-order valence-corrected chi connectivity index (χ1v) is 12.4. The van der Waals surface area contributed by atoms with Gasteiger partial charge in [0.2, 0.25) is 10.0 Å². The van der Waals surface area contributed by atoms with Gasteiger partial charge in [0.25, 0.3) is 5.91 Å². The molecule has 0 radical (unpaired) electrons. The molecule has 29 heavy (non-hydrogen) atoms. The zero-order valence-electron chi connectivity index (χ0n) is 16.2. The molecule has 1 aliphatic rings. The Morgan fingerprint density at radius 1 is 1.28 bits per heavy atom. The average molecular weight is 455 g/mol. The van der Waals surface area contributed by atoms with Gasteiger partial charge in [0, 0.05) is 35.2 Å². The molecule has 156 valence electrons. The number of hydrogen-bond donors (Lipinski definition) is 1. The van der Waals surface area contributed by atoms with E-state index < -0.39 is 16.1 Å². The van der Waals surface area contributed by atoms with E-state index in [1.807, 2.05) is 6.92 Å². The van der Waals surface area contributed by atoms with Crippen LogP contribution in [0.4, 0.5) is 5.69 Å². The normalized spacial score (nSPS) is 16.5. The van der Waals surface area contributed by atoms with Crippen LogP contribution in [-0.2, 0) is 14.8 Å². The number of carbonyl (C=O) groups excluding carboxylic acids is 1. The Labute approximate surface area is 180 Å². The van der Waals surface area contributed by atoms with Crippen molar-refractivity contribution in [1.82, 2.24) is 5.32 Å². The molecule has 0 spiro atoms. The first kappa shape index (κ1) is 21.8. The largest absolute Gasteiger partial charge is 0.478 e. The number of thioether (sulfide) groups is 1. The van der Waals surface area contributed by atoms with E-state index in [9.17, 15) is 13.2 Å². The minimum atomic E-state index is -3.52. The van der Waals surface area contributed by atoms with Crippen LogP contribution in [0.2, 0.25) is 5.02 Å². The summed E-state index contributed by atoms with van der Waals surface area (Å²) in [5.74, 6) is 0.792. The van der Waals surface area contributed by atoms with Crippen molar-refractivity contribution >= 4 is 45.0 Å². The third-order valence-electron chi connectivity index (χ3n) is 4.44. The minimum Gasteiger partial charge on any atom is -0.478 e. The molecule has 0 aliphatic carbocycles. The molecule has 3 rings (SSSR count). The highest BCUT2D eigenvalue weighted by molar-refractivity contribution is 7.99. The maximum Gasteiger partial charge on any atom is 0.261 e. The third-order valence-corrected chi connectivity index (χ3v) is 6.87. The number of ether oxygens (including phenoxy) is 1. The molecule has 1 aliphatic heterocycles. The van der Waals surface area contributed by atoms with Gasteiger partial charge < -0.3 is 10.1 Å². The summed E-state index contributed by atoms with van der Waals surface area (Å²) >= 11 is 7.69. The lowest BCUT2D eigenvalue weighted by molar-refractivity contribution is -0.127. The third kappa shape index (κ3) is 5.81. The van der Waals surface area contributed by atoms with E-state index in [1.54, 1.807) is 23.9 Å². The van der Waals surface area contributed by atoms with Crippen LogP contribution in [0.25, 0.3) is 0 Å². The number of halogens is 1. The molecule has 0 fully saturated rings. The van der Waals surface area contributed by atoms with Crippen LogP contribution in [0.1, 0.15) is 12.0 Å². The van der Waals surface area contributed by atoms with E-state index >= 15 is 0 Å². The smallest absolute Gasteiger partial charge is 0.261 e. The van der Waals surface area contributed by atoms with Crippen LogP contribution in [0.15, 0.2) is 47.4 Å². The number of amides is 1. The van der Waals surface area contributed by atoms with Gasteiger partial charge in [0.05, 0.1) is 11.9 Å². The van der Waals surface area contributed by atoms with Crippen LogP contribution < -0.4 is 14.4 Å². The van der Waals surface area contributed by atoms with Crippen molar-refractivity contribution in [1.29, 1.82) is 0 Å². The van der Waals surface area contributed by atoms with Crippen LogP contribution in [0.3, 0.4) is 0 Å². The number of sulfonamides is 1. The minimum absolute atomic E-state index is 0.141. The fourth-order valence-electron chi connectivity index (χ4n) is 2.97. The lowest BCUT2D eigenvalue weighted by Gasteiger charge is -2.21. The molecule has 0 saturated carbocycles. The zero-order valence-corrected chi connectivity index (χ0v) is 18.6. The van der Waals surface area contributed by atoms with Crippen LogP contribution in [0, 0.1) is 6.92 Å². The molecule has 2 aromatic carbocycles. The van der Waals surface area contributed by atoms with Gasteiger partial charge in [-0.3, -0.25) is 9.10 Å². The van der Waals surface area contributed by atoms with Crippen molar-refractivity contribution in [2.75, 3.05) is 29.4 Å². The van der Waals surface area contributed by atoms with Crippen molar-refractivity contribution in [2.45, 2.75) is 24.3 Å². The van der Waals surface area contributed by atoms with Crippen LogP contribution in [0.5, 0.6) is 5.75 Å². The average Bonchev–Trinajstić information content (AvgIpc) is 2.85. The summed E-state index contributed by atoms with van der Waals surface area (Å²) in [5.41, 5.74) is 1.56. The van der Waals surface area contributed by atoms with Gasteiger partial charge >= 0.3 is 0 Å². The summed E-state index contributed by atoms with van der Waals surface area (Å²) < 4.78 is 31.4. The number of aryl methyl sites for hydroxylation is 1. The first-order valence-electron chi connectivity index (χ1n) is 9.15. The molecular weight excluding hydrogens is 432 g/mol. The molecule has 6 nitrogen and oxygen atoms in total. The summed E-state index contributed by atoms with van der Waals surface area (Å²) in [6, 6.07) is 13.0. The molecule has 1 amide bonds. The highest BCUT2D eigenvalue weighted by Crippen LogP contribution is 2.36. The Hall–Kier alpha value is -1.90. The Morgan fingerprint density at radius 3 is 2.69 bits per heavy atom. The first-order chi connectivity index (χ1) is 13.7. The van der Waals surface area contributed by atoms with E-state index in [4.69, 9.17) is 16.3 Å². The summed E-state index contributed by atoms with van der Waals surface area (Å²) in [6.45, 7) is 2.67. The molecule has 2 aromatic rings. The van der Waals surface area contributed by atoms with Gasteiger partial charge in [-0.2, -0.15) is 0 Å². The Balaban J connectivity index is 1.61. The second-order valence-corrected chi connectivity index (χ2v) is 10.3. The topological polar surface area (TPSA) is 75.7 Å². The molecule has 9 heteroatoms. The number of rotatable bonds is 6. The summed E-state index contributed by atoms with van der Waals surface area (Å²) in [4.78, 5) is 13.7. The standard InChI is InChI=1S/C20H23ClN2O4S2/c1-14-3-6-16(7-4-14)28-12-10-22-20(24)19-9-11-23(29(2,25)26)17-13-15(21)5-8-18(17)27-19/h3-8,13,19H,9-12H2,1-2H3,(H,22,24). The van der Waals surface area contributed by atoms with Crippen LogP contribution in [-0.4, -0.2) is 45.5 Å². The highest BCUT2D eigenvalue weighted by Gasteiger charge is 2.31. The van der Waals surface area contributed by atoms with Crippen molar-refractivity contribution < 1.29 is 17.9 Å². The van der Waals surface area contributed by atoms with Gasteiger partial charge in [0.1, 0.15) is 5.75 Å². The van der Waals surface area contributed by atoms with E-state index in [-0.39, 0.29) is 18.9 Å². The second kappa shape index (κ2) is 9.28. The van der Waals surface area contributed by atoms with E-state index in [0.29, 0.717) is 23.0 Å². The predicted molar refractivity (Wildman–Crippen MR) is 118 cm³/mol.